The summed E-state index contributed by atoms with van der Waals surface area (Å²) >= 11 is 0. The molecule has 0 spiro atoms. The van der Waals surface area contributed by atoms with Crippen molar-refractivity contribution in [1.82, 2.24) is 30.7 Å². The zero-order chi connectivity index (χ0) is 21.2. The number of hydrogen-bond acceptors (Lipinski definition) is 7. The standard InChI is InChI=1S/C21H33N7O2.HI/c1-4-22-21(25-15-18(16(2)3)28-11-13-29-14-12-28)24-10-8-19-26-20(30-27-19)17-7-5-6-9-23-17;/h5-7,9,16,18H,4,8,10-15H2,1-3H3,(H2,22,24,25);1H. The molecule has 0 saturated carbocycles. The van der Waals surface area contributed by atoms with Gasteiger partial charge in [0.1, 0.15) is 5.69 Å². The van der Waals surface area contributed by atoms with Crippen LogP contribution in [0, 0.1) is 5.92 Å². The fourth-order valence-electron chi connectivity index (χ4n) is 3.43. The van der Waals surface area contributed by atoms with Crippen molar-refractivity contribution in [3.63, 3.8) is 0 Å². The number of nitrogens with one attached hydrogen (secondary N) is 2. The van der Waals surface area contributed by atoms with Crippen molar-refractivity contribution < 1.29 is 9.26 Å². The van der Waals surface area contributed by atoms with Gasteiger partial charge in [-0.1, -0.05) is 25.1 Å². The van der Waals surface area contributed by atoms with Crippen molar-refractivity contribution in [3.05, 3.63) is 30.2 Å². The Balaban J connectivity index is 0.00000341. The molecule has 1 saturated heterocycles. The molecule has 10 heteroatoms. The van der Waals surface area contributed by atoms with Gasteiger partial charge >= 0.3 is 0 Å². The summed E-state index contributed by atoms with van der Waals surface area (Å²) in [6.07, 6.45) is 2.35. The third-order valence-electron chi connectivity index (χ3n) is 5.06. The van der Waals surface area contributed by atoms with Crippen LogP contribution in [0.2, 0.25) is 0 Å². The number of halogens is 1. The molecule has 2 aromatic rings. The summed E-state index contributed by atoms with van der Waals surface area (Å²) in [5.74, 6) is 2.42. The molecule has 1 aliphatic rings. The first kappa shape index (κ1) is 25.5. The fraction of sp³-hybridized carbons (Fsp3) is 0.619. The van der Waals surface area contributed by atoms with Crippen molar-refractivity contribution in [2.45, 2.75) is 33.2 Å². The molecule has 2 N–H and O–H groups in total. The van der Waals surface area contributed by atoms with Crippen molar-refractivity contribution in [1.29, 1.82) is 0 Å². The van der Waals surface area contributed by atoms with Gasteiger partial charge in [-0.25, -0.2) is 0 Å². The van der Waals surface area contributed by atoms with Crippen LogP contribution in [0.15, 0.2) is 33.9 Å². The van der Waals surface area contributed by atoms with Gasteiger partial charge in [0.2, 0.25) is 0 Å². The highest BCUT2D eigenvalue weighted by molar-refractivity contribution is 14.0. The molecule has 0 aliphatic carbocycles. The van der Waals surface area contributed by atoms with E-state index in [4.69, 9.17) is 14.3 Å². The second kappa shape index (κ2) is 13.6. The molecule has 0 radical (unpaired) electrons. The monoisotopic (exact) mass is 543 g/mol. The van der Waals surface area contributed by atoms with E-state index in [9.17, 15) is 0 Å². The summed E-state index contributed by atoms with van der Waals surface area (Å²) < 4.78 is 10.8. The summed E-state index contributed by atoms with van der Waals surface area (Å²) in [5.41, 5.74) is 0.682. The Morgan fingerprint density at radius 2 is 2.03 bits per heavy atom. The van der Waals surface area contributed by atoms with Crippen molar-refractivity contribution >= 4 is 29.9 Å². The molecule has 3 heterocycles. The van der Waals surface area contributed by atoms with Gasteiger partial charge in [0.25, 0.3) is 5.89 Å². The first-order chi connectivity index (χ1) is 14.7. The van der Waals surface area contributed by atoms with Crippen LogP contribution in [0.25, 0.3) is 11.6 Å². The second-order valence-corrected chi connectivity index (χ2v) is 7.59. The van der Waals surface area contributed by atoms with E-state index in [-0.39, 0.29) is 24.0 Å². The molecule has 1 unspecified atom stereocenters. The molecule has 0 bridgehead atoms. The predicted octanol–water partition coefficient (Wildman–Crippen LogP) is 2.20. The van der Waals surface area contributed by atoms with Crippen LogP contribution in [0.3, 0.4) is 0 Å². The van der Waals surface area contributed by atoms with Gasteiger partial charge in [-0.3, -0.25) is 14.9 Å². The molecule has 31 heavy (non-hydrogen) atoms. The summed E-state index contributed by atoms with van der Waals surface area (Å²) in [5, 5.41) is 10.7. The number of pyridine rings is 1. The topological polar surface area (TPSA) is 101 Å². The normalized spacial score (nSPS) is 16.1. The molecule has 1 atom stereocenters. The van der Waals surface area contributed by atoms with Gasteiger partial charge in [0, 0.05) is 44.8 Å². The Hall–Kier alpha value is -1.79. The largest absolute Gasteiger partial charge is 0.379 e. The smallest absolute Gasteiger partial charge is 0.276 e. The maximum absolute atomic E-state index is 5.49. The summed E-state index contributed by atoms with van der Waals surface area (Å²) in [4.78, 5) is 16.0. The lowest BCUT2D eigenvalue weighted by molar-refractivity contribution is 0.00867. The minimum atomic E-state index is 0. The number of aromatic nitrogens is 3. The number of morpholine rings is 1. The van der Waals surface area contributed by atoms with Gasteiger partial charge in [-0.05, 0) is 25.0 Å². The van der Waals surface area contributed by atoms with Crippen LogP contribution in [0.1, 0.15) is 26.6 Å². The molecule has 0 amide bonds. The summed E-state index contributed by atoms with van der Waals surface area (Å²) in [6, 6.07) is 6.01. The molecule has 9 nitrogen and oxygen atoms in total. The average Bonchev–Trinajstić information content (AvgIpc) is 3.24. The SMILES string of the molecule is CCNC(=NCC(C(C)C)N1CCOCC1)NCCc1noc(-c2ccccn2)n1.I. The Kier molecular flexibility index (Phi) is 11.2. The number of hydrogen-bond donors (Lipinski definition) is 2. The minimum Gasteiger partial charge on any atom is -0.379 e. The van der Waals surface area contributed by atoms with Crippen LogP contribution >= 0.6 is 24.0 Å². The zero-order valence-electron chi connectivity index (χ0n) is 18.6. The van der Waals surface area contributed by atoms with E-state index in [1.165, 1.54) is 0 Å². The van der Waals surface area contributed by atoms with Crippen LogP contribution in [0.4, 0.5) is 0 Å². The lowest BCUT2D eigenvalue weighted by atomic mass is 10.0. The van der Waals surface area contributed by atoms with Gasteiger partial charge in [-0.2, -0.15) is 4.98 Å². The van der Waals surface area contributed by atoms with E-state index in [2.05, 4.69) is 51.4 Å². The highest BCUT2D eigenvalue weighted by atomic mass is 127. The minimum absolute atomic E-state index is 0. The lowest BCUT2D eigenvalue weighted by Crippen LogP contribution is -2.48. The van der Waals surface area contributed by atoms with Crippen LogP contribution in [0.5, 0.6) is 0 Å². The first-order valence-corrected chi connectivity index (χ1v) is 10.7. The molecule has 2 aromatic heterocycles. The number of guanidine groups is 1. The molecule has 1 fully saturated rings. The van der Waals surface area contributed by atoms with Crippen molar-refractivity contribution in [2.24, 2.45) is 10.9 Å². The quantitative estimate of drug-likeness (QED) is 0.282. The highest BCUT2D eigenvalue weighted by Crippen LogP contribution is 2.14. The Labute approximate surface area is 201 Å². The number of ether oxygens (including phenoxy) is 1. The van der Waals surface area contributed by atoms with Crippen LogP contribution in [-0.4, -0.2) is 78.0 Å². The Morgan fingerprint density at radius 1 is 1.23 bits per heavy atom. The molecule has 0 aromatic carbocycles. The second-order valence-electron chi connectivity index (χ2n) is 7.59. The van der Waals surface area contributed by atoms with Gasteiger partial charge < -0.3 is 19.9 Å². The molecule has 3 rings (SSSR count). The first-order valence-electron chi connectivity index (χ1n) is 10.7. The van der Waals surface area contributed by atoms with Crippen molar-refractivity contribution in [2.75, 3.05) is 45.9 Å². The molecule has 172 valence electrons. The van der Waals surface area contributed by atoms with E-state index in [1.54, 1.807) is 6.20 Å². The third-order valence-corrected chi connectivity index (χ3v) is 5.06. The number of nitrogens with zero attached hydrogens (tertiary/aromatic N) is 5. The van der Waals surface area contributed by atoms with E-state index in [1.807, 2.05) is 18.2 Å². The molecular weight excluding hydrogens is 509 g/mol. The van der Waals surface area contributed by atoms with Gasteiger partial charge in [-0.15, -0.1) is 24.0 Å². The zero-order valence-corrected chi connectivity index (χ0v) is 20.9. The van der Waals surface area contributed by atoms with E-state index >= 15 is 0 Å². The number of rotatable bonds is 9. The molecule has 1 aliphatic heterocycles. The fourth-order valence-corrected chi connectivity index (χ4v) is 3.43. The van der Waals surface area contributed by atoms with E-state index in [0.29, 0.717) is 42.3 Å². The maximum Gasteiger partial charge on any atom is 0.276 e. The Bertz CT molecular complexity index is 779. The lowest BCUT2D eigenvalue weighted by Gasteiger charge is -2.36. The number of aliphatic imine (C=N–C) groups is 1. The summed E-state index contributed by atoms with van der Waals surface area (Å²) in [7, 11) is 0. The average molecular weight is 543 g/mol. The maximum atomic E-state index is 5.49. The van der Waals surface area contributed by atoms with E-state index in [0.717, 1.165) is 45.4 Å². The molecular formula is C21H34IN7O2. The van der Waals surface area contributed by atoms with Crippen molar-refractivity contribution in [3.8, 4) is 11.6 Å². The van der Waals surface area contributed by atoms with Crippen LogP contribution < -0.4 is 10.6 Å². The van der Waals surface area contributed by atoms with Gasteiger partial charge in [0.05, 0.1) is 19.8 Å². The van der Waals surface area contributed by atoms with Crippen LogP contribution in [-0.2, 0) is 11.2 Å². The summed E-state index contributed by atoms with van der Waals surface area (Å²) in [6.45, 7) is 12.3. The third kappa shape index (κ3) is 8.00. The predicted molar refractivity (Wildman–Crippen MR) is 132 cm³/mol. The van der Waals surface area contributed by atoms with E-state index < -0.39 is 0 Å². The highest BCUT2D eigenvalue weighted by Gasteiger charge is 2.23. The van der Waals surface area contributed by atoms with Gasteiger partial charge in [0.15, 0.2) is 11.8 Å². The Morgan fingerprint density at radius 3 is 2.71 bits per heavy atom.